The summed E-state index contributed by atoms with van der Waals surface area (Å²) in [5.41, 5.74) is 3.41. The van der Waals surface area contributed by atoms with Gasteiger partial charge in [-0.05, 0) is 50.5 Å². The van der Waals surface area contributed by atoms with Crippen LogP contribution in [0.5, 0.6) is 5.75 Å². The van der Waals surface area contributed by atoms with E-state index in [1.165, 1.54) is 5.56 Å². The van der Waals surface area contributed by atoms with Crippen LogP contribution in [0, 0.1) is 20.8 Å². The second-order valence-corrected chi connectivity index (χ2v) is 4.08. The summed E-state index contributed by atoms with van der Waals surface area (Å²) in [6, 6.07) is 4.06. The Hall–Kier alpha value is -1.51. The van der Waals surface area contributed by atoms with E-state index >= 15 is 0 Å². The number of likely N-dealkylation sites (N-methyl/N-ethyl adjacent to an activating group) is 1. The third kappa shape index (κ3) is 2.75. The van der Waals surface area contributed by atoms with Crippen molar-refractivity contribution in [2.45, 2.75) is 33.8 Å². The van der Waals surface area contributed by atoms with Crippen LogP contribution in [0.1, 0.15) is 23.6 Å². The van der Waals surface area contributed by atoms with Crippen molar-refractivity contribution in [3.8, 4) is 5.75 Å². The standard InChI is InChI=1S/C13H19NO2/c1-8-6-9(2)10(3)12(7-8)16-11(4)13(15)14-5/h6-7,11H,1-5H3,(H,14,15). The van der Waals surface area contributed by atoms with Gasteiger partial charge in [0.15, 0.2) is 6.10 Å². The zero-order valence-electron chi connectivity index (χ0n) is 10.5. The minimum absolute atomic E-state index is 0.112. The summed E-state index contributed by atoms with van der Waals surface area (Å²) in [6.07, 6.45) is -0.468. The van der Waals surface area contributed by atoms with Crippen molar-refractivity contribution < 1.29 is 9.53 Å². The van der Waals surface area contributed by atoms with Crippen LogP contribution < -0.4 is 10.1 Å². The monoisotopic (exact) mass is 221 g/mol. The Kier molecular flexibility index (Phi) is 3.93. The maximum Gasteiger partial charge on any atom is 0.260 e. The van der Waals surface area contributed by atoms with Gasteiger partial charge in [-0.15, -0.1) is 0 Å². The highest BCUT2D eigenvalue weighted by Crippen LogP contribution is 2.24. The van der Waals surface area contributed by atoms with Crippen molar-refractivity contribution in [3.63, 3.8) is 0 Å². The molecule has 1 unspecified atom stereocenters. The van der Waals surface area contributed by atoms with E-state index < -0.39 is 6.10 Å². The van der Waals surface area contributed by atoms with Crippen molar-refractivity contribution in [1.29, 1.82) is 0 Å². The lowest BCUT2D eigenvalue weighted by Gasteiger charge is -2.16. The molecule has 3 nitrogen and oxygen atoms in total. The summed E-state index contributed by atoms with van der Waals surface area (Å²) in [7, 11) is 1.61. The zero-order chi connectivity index (χ0) is 12.3. The lowest BCUT2D eigenvalue weighted by atomic mass is 10.1. The summed E-state index contributed by atoms with van der Waals surface area (Å²) in [4.78, 5) is 11.4. The highest BCUT2D eigenvalue weighted by atomic mass is 16.5. The molecule has 1 N–H and O–H groups in total. The molecule has 88 valence electrons. The average molecular weight is 221 g/mol. The number of carbonyl (C=O) groups is 1. The molecular weight excluding hydrogens is 202 g/mol. The van der Waals surface area contributed by atoms with Crippen molar-refractivity contribution in [3.05, 3.63) is 28.8 Å². The first kappa shape index (κ1) is 12.6. The Balaban J connectivity index is 2.93. The summed E-state index contributed by atoms with van der Waals surface area (Å²) >= 11 is 0. The molecule has 0 aromatic heterocycles. The highest BCUT2D eigenvalue weighted by Gasteiger charge is 2.14. The number of benzene rings is 1. The van der Waals surface area contributed by atoms with E-state index in [0.29, 0.717) is 0 Å². The first-order chi connectivity index (χ1) is 7.45. The molecule has 0 saturated carbocycles. The lowest BCUT2D eigenvalue weighted by Crippen LogP contribution is -2.33. The van der Waals surface area contributed by atoms with Gasteiger partial charge >= 0.3 is 0 Å². The van der Waals surface area contributed by atoms with Crippen LogP contribution in [0.2, 0.25) is 0 Å². The van der Waals surface area contributed by atoms with E-state index in [-0.39, 0.29) is 5.91 Å². The molecule has 0 aliphatic heterocycles. The summed E-state index contributed by atoms with van der Waals surface area (Å²) in [5, 5.41) is 2.57. The Morgan fingerprint density at radius 2 is 1.94 bits per heavy atom. The number of amides is 1. The summed E-state index contributed by atoms with van der Waals surface area (Å²) < 4.78 is 5.65. The van der Waals surface area contributed by atoms with E-state index in [0.717, 1.165) is 16.9 Å². The number of hydrogen-bond acceptors (Lipinski definition) is 2. The number of nitrogens with one attached hydrogen (secondary N) is 1. The normalized spacial score (nSPS) is 12.1. The average Bonchev–Trinajstić information content (AvgIpc) is 2.23. The summed E-state index contributed by atoms with van der Waals surface area (Å²) in [6.45, 7) is 7.81. The maximum atomic E-state index is 11.4. The molecular formula is C13H19NO2. The fourth-order valence-corrected chi connectivity index (χ4v) is 1.57. The molecule has 16 heavy (non-hydrogen) atoms. The van der Waals surface area contributed by atoms with Crippen molar-refractivity contribution in [2.24, 2.45) is 0 Å². The molecule has 0 aliphatic carbocycles. The molecule has 3 heteroatoms. The topological polar surface area (TPSA) is 38.3 Å². The third-order valence-electron chi connectivity index (χ3n) is 2.68. The molecule has 0 aliphatic rings. The van der Waals surface area contributed by atoms with Gasteiger partial charge in [0.25, 0.3) is 5.91 Å². The Morgan fingerprint density at radius 1 is 1.31 bits per heavy atom. The quantitative estimate of drug-likeness (QED) is 0.849. The summed E-state index contributed by atoms with van der Waals surface area (Å²) in [5.74, 6) is 0.673. The van der Waals surface area contributed by atoms with Gasteiger partial charge in [-0.2, -0.15) is 0 Å². The third-order valence-corrected chi connectivity index (χ3v) is 2.68. The first-order valence-electron chi connectivity index (χ1n) is 5.41. The number of rotatable bonds is 3. The van der Waals surface area contributed by atoms with E-state index in [1.54, 1.807) is 14.0 Å². The lowest BCUT2D eigenvalue weighted by molar-refractivity contribution is -0.126. The van der Waals surface area contributed by atoms with Gasteiger partial charge in [0.1, 0.15) is 5.75 Å². The minimum atomic E-state index is -0.468. The second-order valence-electron chi connectivity index (χ2n) is 4.08. The molecule has 1 aromatic carbocycles. The molecule has 1 amide bonds. The van der Waals surface area contributed by atoms with Crippen LogP contribution in [0.4, 0.5) is 0 Å². The largest absolute Gasteiger partial charge is 0.481 e. The van der Waals surface area contributed by atoms with E-state index in [1.807, 2.05) is 26.8 Å². The van der Waals surface area contributed by atoms with Crippen LogP contribution in [0.25, 0.3) is 0 Å². The highest BCUT2D eigenvalue weighted by molar-refractivity contribution is 5.80. The zero-order valence-corrected chi connectivity index (χ0v) is 10.5. The van der Waals surface area contributed by atoms with Crippen molar-refractivity contribution >= 4 is 5.91 Å². The Labute approximate surface area is 96.8 Å². The van der Waals surface area contributed by atoms with Crippen LogP contribution in [-0.2, 0) is 4.79 Å². The van der Waals surface area contributed by atoms with Gasteiger partial charge in [-0.3, -0.25) is 4.79 Å². The molecule has 0 radical (unpaired) electrons. The fraction of sp³-hybridized carbons (Fsp3) is 0.462. The molecule has 1 rings (SSSR count). The molecule has 0 fully saturated rings. The second kappa shape index (κ2) is 5.01. The van der Waals surface area contributed by atoms with Gasteiger partial charge in [-0.25, -0.2) is 0 Å². The molecule has 0 spiro atoms. The maximum absolute atomic E-state index is 11.4. The number of aryl methyl sites for hydroxylation is 2. The Bertz CT molecular complexity index is 399. The van der Waals surface area contributed by atoms with Gasteiger partial charge < -0.3 is 10.1 Å². The van der Waals surface area contributed by atoms with Gasteiger partial charge in [0.05, 0.1) is 0 Å². The number of carbonyl (C=O) groups excluding carboxylic acids is 1. The smallest absolute Gasteiger partial charge is 0.260 e. The van der Waals surface area contributed by atoms with Crippen LogP contribution in [-0.4, -0.2) is 19.1 Å². The van der Waals surface area contributed by atoms with Gasteiger partial charge in [-0.1, -0.05) is 6.07 Å². The molecule has 0 saturated heterocycles. The minimum Gasteiger partial charge on any atom is -0.481 e. The van der Waals surface area contributed by atoms with Crippen LogP contribution in [0.15, 0.2) is 12.1 Å². The molecule has 1 aromatic rings. The van der Waals surface area contributed by atoms with Crippen molar-refractivity contribution in [1.82, 2.24) is 5.32 Å². The van der Waals surface area contributed by atoms with E-state index in [9.17, 15) is 4.79 Å². The predicted octanol–water partition coefficient (Wildman–Crippen LogP) is 2.13. The SMILES string of the molecule is CNC(=O)C(C)Oc1cc(C)cc(C)c1C. The molecule has 0 heterocycles. The van der Waals surface area contributed by atoms with Gasteiger partial charge in [0.2, 0.25) is 0 Å². The number of ether oxygens (including phenoxy) is 1. The van der Waals surface area contributed by atoms with Crippen molar-refractivity contribution in [2.75, 3.05) is 7.05 Å². The first-order valence-corrected chi connectivity index (χ1v) is 5.41. The van der Waals surface area contributed by atoms with Crippen LogP contribution in [0.3, 0.4) is 0 Å². The van der Waals surface area contributed by atoms with E-state index in [4.69, 9.17) is 4.74 Å². The molecule has 0 bridgehead atoms. The van der Waals surface area contributed by atoms with Gasteiger partial charge in [0, 0.05) is 7.05 Å². The number of hydrogen-bond donors (Lipinski definition) is 1. The predicted molar refractivity (Wildman–Crippen MR) is 64.8 cm³/mol. The molecule has 1 atom stereocenters. The van der Waals surface area contributed by atoms with E-state index in [2.05, 4.69) is 11.4 Å². The fourth-order valence-electron chi connectivity index (χ4n) is 1.57. The Morgan fingerprint density at radius 3 is 2.50 bits per heavy atom. The van der Waals surface area contributed by atoms with Crippen LogP contribution >= 0.6 is 0 Å².